The van der Waals surface area contributed by atoms with E-state index in [0.29, 0.717) is 0 Å². The molecule has 0 fully saturated rings. The van der Waals surface area contributed by atoms with Crippen LogP contribution >= 0.6 is 28.4 Å². The predicted octanol–water partition coefficient (Wildman–Crippen LogP) is 7.24. The maximum absolute atomic E-state index is 6.59. The minimum atomic E-state index is -2.51. The van der Waals surface area contributed by atoms with E-state index in [2.05, 4.69) is 73.0 Å². The topological polar surface area (TPSA) is 0 Å². The molecule has 4 heteroatoms. The second-order valence-corrected chi connectivity index (χ2v) is 15.7. The van der Waals surface area contributed by atoms with Gasteiger partial charge in [0.25, 0.3) is 0 Å². The van der Waals surface area contributed by atoms with Gasteiger partial charge in [-0.25, -0.2) is 0 Å². The molecular weight excluding hydrogens is 434 g/mol. The van der Waals surface area contributed by atoms with Crippen LogP contribution < -0.4 is 0 Å². The first kappa shape index (κ1) is 16.8. The van der Waals surface area contributed by atoms with Crippen molar-refractivity contribution < 1.29 is 19.4 Å². The molecule has 0 amide bonds. The third-order valence-corrected chi connectivity index (χ3v) is 10.6. The van der Waals surface area contributed by atoms with Crippen molar-refractivity contribution in [3.05, 3.63) is 81.5 Å². The monoisotopic (exact) mass is 447 g/mol. The van der Waals surface area contributed by atoms with Gasteiger partial charge >= 0.3 is 163 Å². The first-order valence-corrected chi connectivity index (χ1v) is 16.4. The van der Waals surface area contributed by atoms with Crippen LogP contribution in [0.15, 0.2) is 60.0 Å². The molecule has 1 atom stereocenters. The van der Waals surface area contributed by atoms with Gasteiger partial charge in [-0.05, 0) is 0 Å². The van der Waals surface area contributed by atoms with Crippen LogP contribution in [0, 0.1) is 6.92 Å². The van der Waals surface area contributed by atoms with Crippen LogP contribution in [0.1, 0.15) is 25.2 Å². The first-order chi connectivity index (χ1) is 11.7. The van der Waals surface area contributed by atoms with Crippen LogP contribution in [-0.4, -0.2) is 0 Å². The van der Waals surface area contributed by atoms with E-state index in [-0.39, 0.29) is 3.63 Å². The number of hydrogen-bond donors (Lipinski definition) is 0. The summed E-state index contributed by atoms with van der Waals surface area (Å²) in [6.45, 7) is 2.18. The van der Waals surface area contributed by atoms with E-state index in [1.807, 2.05) is 0 Å². The Balaban J connectivity index is 1.96. The molecule has 0 aliphatic heterocycles. The van der Waals surface area contributed by atoms with Crippen LogP contribution in [0.5, 0.6) is 0 Å². The van der Waals surface area contributed by atoms with Crippen LogP contribution in [0.2, 0.25) is 0 Å². The van der Waals surface area contributed by atoms with E-state index in [9.17, 15) is 0 Å². The molecule has 0 saturated heterocycles. The zero-order valence-electron chi connectivity index (χ0n) is 13.1. The van der Waals surface area contributed by atoms with Crippen LogP contribution in [0.25, 0.3) is 22.8 Å². The summed E-state index contributed by atoms with van der Waals surface area (Å²) in [6.07, 6.45) is 2.33. The van der Waals surface area contributed by atoms with E-state index >= 15 is 0 Å². The molecule has 0 N–H and O–H groups in total. The fourth-order valence-corrected chi connectivity index (χ4v) is 9.61. The summed E-state index contributed by atoms with van der Waals surface area (Å²) in [5.41, 5.74) is 7.77. The molecule has 24 heavy (non-hydrogen) atoms. The molecule has 4 rings (SSSR count). The van der Waals surface area contributed by atoms with Crippen molar-refractivity contribution >= 4 is 40.0 Å². The second kappa shape index (κ2) is 6.92. The molecule has 0 bridgehead atoms. The van der Waals surface area contributed by atoms with Crippen molar-refractivity contribution in [1.82, 2.24) is 0 Å². The van der Waals surface area contributed by atoms with Crippen molar-refractivity contribution in [3.63, 3.8) is 0 Å². The number of rotatable bonds is 3. The molecule has 0 saturated carbocycles. The van der Waals surface area contributed by atoms with Crippen LogP contribution in [-0.2, 0) is 19.4 Å². The SMILES string of the molecule is Cc1ccc2c(c1-c1ccccc1)C=C(c1cccs1)[CH]2[Zr]([Cl])[Cl]. The zero-order valence-corrected chi connectivity index (χ0v) is 17.9. The van der Waals surface area contributed by atoms with Gasteiger partial charge in [0.2, 0.25) is 0 Å². The van der Waals surface area contributed by atoms with E-state index in [1.54, 1.807) is 11.3 Å². The van der Waals surface area contributed by atoms with Gasteiger partial charge in [0, 0.05) is 0 Å². The van der Waals surface area contributed by atoms with Crippen molar-refractivity contribution in [2.45, 2.75) is 10.5 Å². The molecule has 1 unspecified atom stereocenters. The van der Waals surface area contributed by atoms with Crippen molar-refractivity contribution in [3.8, 4) is 11.1 Å². The predicted molar refractivity (Wildman–Crippen MR) is 103 cm³/mol. The summed E-state index contributed by atoms with van der Waals surface area (Å²) in [7, 11) is 13.2. The standard InChI is InChI=1S/C20H15S.2ClH.Zr/c1-14-9-10-16-12-17(19-8-5-11-21-19)13-18(16)20(14)15-6-3-2-4-7-15;;;/h2-13H,1H3;2*1H;/q;;;+2/p-2. The van der Waals surface area contributed by atoms with E-state index in [0.717, 1.165) is 0 Å². The van der Waals surface area contributed by atoms with Gasteiger partial charge < -0.3 is 0 Å². The molecule has 0 radical (unpaired) electrons. The Kier molecular flexibility index (Phi) is 4.84. The van der Waals surface area contributed by atoms with Crippen molar-refractivity contribution in [2.75, 3.05) is 0 Å². The second-order valence-electron chi connectivity index (χ2n) is 5.93. The molecule has 1 aromatic heterocycles. The number of benzene rings is 2. The number of allylic oxidation sites excluding steroid dienone is 1. The summed E-state index contributed by atoms with van der Waals surface area (Å²) in [4.78, 5) is 1.28. The quantitative estimate of drug-likeness (QED) is 0.395. The van der Waals surface area contributed by atoms with Gasteiger partial charge in [-0.15, -0.1) is 0 Å². The Bertz CT molecular complexity index is 899. The number of hydrogen-bond acceptors (Lipinski definition) is 1. The first-order valence-electron chi connectivity index (χ1n) is 7.79. The van der Waals surface area contributed by atoms with E-state index in [4.69, 9.17) is 17.0 Å². The minimum absolute atomic E-state index is 0.215. The number of thiophene rings is 1. The molecular formula is C20H15Cl2SZr. The Morgan fingerprint density at radius 2 is 1.75 bits per heavy atom. The zero-order chi connectivity index (χ0) is 16.7. The van der Waals surface area contributed by atoms with E-state index < -0.39 is 19.4 Å². The number of aryl methyl sites for hydroxylation is 1. The van der Waals surface area contributed by atoms with Crippen LogP contribution in [0.4, 0.5) is 0 Å². The van der Waals surface area contributed by atoms with Gasteiger partial charge in [0.05, 0.1) is 0 Å². The van der Waals surface area contributed by atoms with Gasteiger partial charge in [0.15, 0.2) is 0 Å². The molecule has 3 aromatic rings. The summed E-state index contributed by atoms with van der Waals surface area (Å²) >= 11 is -0.747. The molecule has 1 aliphatic rings. The maximum atomic E-state index is 6.59. The van der Waals surface area contributed by atoms with Crippen LogP contribution in [0.3, 0.4) is 0 Å². The molecule has 0 spiro atoms. The van der Waals surface area contributed by atoms with Gasteiger partial charge in [-0.3, -0.25) is 0 Å². The fraction of sp³-hybridized carbons (Fsp3) is 0.100. The summed E-state index contributed by atoms with van der Waals surface area (Å²) in [6, 6.07) is 19.3. The fourth-order valence-electron chi connectivity index (χ4n) is 3.44. The Morgan fingerprint density at radius 3 is 2.42 bits per heavy atom. The average molecular weight is 450 g/mol. The van der Waals surface area contributed by atoms with Crippen molar-refractivity contribution in [1.29, 1.82) is 0 Å². The normalized spacial score (nSPS) is 16.0. The Morgan fingerprint density at radius 1 is 0.958 bits per heavy atom. The Labute approximate surface area is 161 Å². The summed E-state index contributed by atoms with van der Waals surface area (Å²) in [5, 5.41) is 2.12. The summed E-state index contributed by atoms with van der Waals surface area (Å²) in [5.74, 6) is 0. The van der Waals surface area contributed by atoms with Gasteiger partial charge in [0.1, 0.15) is 0 Å². The molecule has 2 aromatic carbocycles. The third kappa shape index (κ3) is 2.88. The average Bonchev–Trinajstić information content (AvgIpc) is 3.22. The van der Waals surface area contributed by atoms with Gasteiger partial charge in [-0.2, -0.15) is 0 Å². The van der Waals surface area contributed by atoms with Gasteiger partial charge in [-0.1, -0.05) is 0 Å². The van der Waals surface area contributed by atoms with Crippen molar-refractivity contribution in [2.24, 2.45) is 0 Å². The molecule has 0 nitrogen and oxygen atoms in total. The third-order valence-electron chi connectivity index (χ3n) is 4.50. The molecule has 1 heterocycles. The number of halogens is 2. The van der Waals surface area contributed by atoms with E-state index in [1.165, 1.54) is 38.3 Å². The Hall–Kier alpha value is -0.657. The number of fused-ring (bicyclic) bond motifs is 1. The molecule has 119 valence electrons. The summed E-state index contributed by atoms with van der Waals surface area (Å²) < 4.78 is 0.215. The molecule has 1 aliphatic carbocycles.